The number of carbonyl (C=O) groups excluding carboxylic acids is 2. The predicted octanol–water partition coefficient (Wildman–Crippen LogP) is -0.149. The maximum atomic E-state index is 11.7. The number of hydrogen-bond donors (Lipinski definition) is 1. The van der Waals surface area contributed by atoms with Gasteiger partial charge in [-0.1, -0.05) is 4.68 Å². The summed E-state index contributed by atoms with van der Waals surface area (Å²) < 4.78 is 10.2. The number of carbonyl (C=O) groups is 2. The lowest BCUT2D eigenvalue weighted by Crippen LogP contribution is -2.41. The fourth-order valence-corrected chi connectivity index (χ4v) is 1.59. The first kappa shape index (κ1) is 14.5. The van der Waals surface area contributed by atoms with Crippen LogP contribution in [0.2, 0.25) is 0 Å². The predicted molar refractivity (Wildman–Crippen MR) is 67.2 cm³/mol. The van der Waals surface area contributed by atoms with Gasteiger partial charge in [0.05, 0.1) is 17.4 Å². The molecular weight excluding hydrogens is 278 g/mol. The van der Waals surface area contributed by atoms with Gasteiger partial charge in [0.25, 0.3) is 12.5 Å². The number of benzene rings is 1. The summed E-state index contributed by atoms with van der Waals surface area (Å²) in [7, 11) is 0. The van der Waals surface area contributed by atoms with E-state index < -0.39 is 11.9 Å². The van der Waals surface area contributed by atoms with Gasteiger partial charge in [-0.15, -0.1) is 0 Å². The van der Waals surface area contributed by atoms with E-state index in [9.17, 15) is 14.7 Å². The molecule has 2 aromatic rings. The van der Waals surface area contributed by atoms with Gasteiger partial charge in [0.2, 0.25) is 6.20 Å². The molecule has 21 heavy (non-hydrogen) atoms. The molecule has 0 aliphatic carbocycles. The molecule has 0 radical (unpaired) electrons. The van der Waals surface area contributed by atoms with Gasteiger partial charge in [0.15, 0.2) is 0 Å². The van der Waals surface area contributed by atoms with Crippen LogP contribution in [0.5, 0.6) is 5.95 Å². The molecule has 1 aromatic carbocycles. The van der Waals surface area contributed by atoms with Crippen molar-refractivity contribution in [1.82, 2.24) is 5.27 Å². The van der Waals surface area contributed by atoms with E-state index in [0.717, 1.165) is 10.9 Å². The van der Waals surface area contributed by atoms with E-state index >= 15 is 0 Å². The first-order valence-electron chi connectivity index (χ1n) is 6.19. The average Bonchev–Trinajstić information content (AvgIpc) is 2.85. The van der Waals surface area contributed by atoms with Crippen molar-refractivity contribution in [2.24, 2.45) is 0 Å². The summed E-state index contributed by atoms with van der Waals surface area (Å²) in [5.74, 6) is -1.42. The molecule has 110 valence electrons. The van der Waals surface area contributed by atoms with Gasteiger partial charge in [-0.25, -0.2) is 4.79 Å². The summed E-state index contributed by atoms with van der Waals surface area (Å²) in [5.41, 5.74) is 0.913. The van der Waals surface area contributed by atoms with E-state index in [0.29, 0.717) is 17.9 Å². The van der Waals surface area contributed by atoms with Crippen molar-refractivity contribution in [3.8, 4) is 5.95 Å². The molecule has 0 aliphatic heterocycles. The second-order valence-electron chi connectivity index (χ2n) is 4.06. The minimum absolute atomic E-state index is 0.147. The lowest BCUT2D eigenvalue weighted by atomic mass is 10.2. The van der Waals surface area contributed by atoms with Crippen molar-refractivity contribution in [3.05, 3.63) is 36.0 Å². The Morgan fingerprint density at radius 3 is 2.67 bits per heavy atom. The molecule has 2 rings (SSSR count). The molecule has 1 amide bonds. The Morgan fingerprint density at radius 1 is 1.38 bits per heavy atom. The number of ether oxygens (including phenoxy) is 1. The van der Waals surface area contributed by atoms with E-state index in [1.165, 1.54) is 0 Å². The Hall–Kier alpha value is -2.90. The van der Waals surface area contributed by atoms with Crippen molar-refractivity contribution in [2.75, 3.05) is 11.9 Å². The third-order valence-electron chi connectivity index (χ3n) is 2.48. The zero-order chi connectivity index (χ0) is 15.2. The minimum atomic E-state index is -0.624. The molecule has 0 saturated heterocycles. The molecule has 1 N–H and O–H groups in total. The van der Waals surface area contributed by atoms with Crippen molar-refractivity contribution >= 4 is 17.6 Å². The van der Waals surface area contributed by atoms with E-state index in [2.05, 4.69) is 15.1 Å². The zero-order valence-electron chi connectivity index (χ0n) is 11.2. The van der Waals surface area contributed by atoms with Gasteiger partial charge in [-0.05, 0) is 31.2 Å². The quantitative estimate of drug-likeness (QED) is 0.606. The van der Waals surface area contributed by atoms with E-state index in [4.69, 9.17) is 4.74 Å². The SMILES string of the molecule is CCOC(=O)c1ccc(NC(=O)C[n+]2cc([O-])on2)cc1. The van der Waals surface area contributed by atoms with Crippen LogP contribution in [0.4, 0.5) is 5.69 Å². The van der Waals surface area contributed by atoms with Crippen molar-refractivity contribution in [2.45, 2.75) is 13.5 Å². The Balaban J connectivity index is 1.93. The molecule has 0 spiro atoms. The summed E-state index contributed by atoms with van der Waals surface area (Å²) >= 11 is 0. The lowest BCUT2D eigenvalue weighted by molar-refractivity contribution is -0.750. The van der Waals surface area contributed by atoms with E-state index in [1.807, 2.05) is 0 Å². The molecule has 1 aromatic heterocycles. The number of nitrogens with zero attached hydrogens (tertiary/aromatic N) is 2. The van der Waals surface area contributed by atoms with Gasteiger partial charge in [-0.3, -0.25) is 4.79 Å². The van der Waals surface area contributed by atoms with Crippen LogP contribution in [0.3, 0.4) is 0 Å². The number of nitrogens with one attached hydrogen (secondary N) is 1. The van der Waals surface area contributed by atoms with Gasteiger partial charge in [0, 0.05) is 5.69 Å². The molecule has 8 nitrogen and oxygen atoms in total. The van der Waals surface area contributed by atoms with Gasteiger partial charge in [0.1, 0.15) is 5.95 Å². The molecule has 0 aliphatic rings. The topological polar surface area (TPSA) is 108 Å². The Bertz CT molecular complexity index is 636. The largest absolute Gasteiger partial charge is 0.539 e. The van der Waals surface area contributed by atoms with Crippen molar-refractivity contribution in [1.29, 1.82) is 0 Å². The number of hydrogen-bond acceptors (Lipinski definition) is 6. The zero-order valence-corrected chi connectivity index (χ0v) is 11.2. The number of aromatic nitrogens is 2. The number of rotatable bonds is 5. The van der Waals surface area contributed by atoms with Crippen LogP contribution in [0.15, 0.2) is 35.0 Å². The van der Waals surface area contributed by atoms with Gasteiger partial charge in [-0.2, -0.15) is 0 Å². The molecule has 0 atom stereocenters. The Morgan fingerprint density at radius 2 is 2.10 bits per heavy atom. The highest BCUT2D eigenvalue weighted by atomic mass is 16.6. The second-order valence-corrected chi connectivity index (χ2v) is 4.06. The smallest absolute Gasteiger partial charge is 0.338 e. The normalized spacial score (nSPS) is 10.1. The number of amides is 1. The summed E-state index contributed by atoms with van der Waals surface area (Å²) in [6.07, 6.45) is 1.07. The first-order chi connectivity index (χ1) is 10.1. The molecule has 0 fully saturated rings. The van der Waals surface area contributed by atoms with Gasteiger partial charge < -0.3 is 19.7 Å². The Kier molecular flexibility index (Phi) is 4.50. The number of anilines is 1. The summed E-state index contributed by atoms with van der Waals surface area (Å²) in [6, 6.07) is 6.26. The van der Waals surface area contributed by atoms with Crippen LogP contribution in [-0.4, -0.2) is 23.8 Å². The highest BCUT2D eigenvalue weighted by Crippen LogP contribution is 2.10. The van der Waals surface area contributed by atoms with Crippen LogP contribution in [0.1, 0.15) is 17.3 Å². The van der Waals surface area contributed by atoms with E-state index in [-0.39, 0.29) is 12.5 Å². The fourth-order valence-electron chi connectivity index (χ4n) is 1.59. The Labute approximate surface area is 119 Å². The first-order valence-corrected chi connectivity index (χ1v) is 6.19. The molecular formula is C13H13N3O5. The average molecular weight is 291 g/mol. The third-order valence-corrected chi connectivity index (χ3v) is 2.48. The molecule has 1 heterocycles. The summed E-state index contributed by atoms with van der Waals surface area (Å²) in [4.78, 5) is 23.2. The monoisotopic (exact) mass is 291 g/mol. The van der Waals surface area contributed by atoms with Crippen LogP contribution in [0.25, 0.3) is 0 Å². The van der Waals surface area contributed by atoms with Crippen LogP contribution in [0, 0.1) is 0 Å². The van der Waals surface area contributed by atoms with E-state index in [1.54, 1.807) is 31.2 Å². The standard InChI is InChI=1S/C13H13N3O5/c1-2-20-13(19)9-3-5-10(6-4-9)14-11(17)7-16-8-12(18)21-15-16/h3-6,8H,2,7H2,1H3,(H-,14,15,17,18,19). The maximum Gasteiger partial charge on any atom is 0.338 e. The van der Waals surface area contributed by atoms with Crippen LogP contribution < -0.4 is 15.1 Å². The van der Waals surface area contributed by atoms with Crippen LogP contribution >= 0.6 is 0 Å². The van der Waals surface area contributed by atoms with Crippen LogP contribution in [-0.2, 0) is 16.1 Å². The van der Waals surface area contributed by atoms with Crippen molar-refractivity contribution in [3.63, 3.8) is 0 Å². The fraction of sp³-hybridized carbons (Fsp3) is 0.231. The molecule has 8 heteroatoms. The van der Waals surface area contributed by atoms with Crippen molar-refractivity contribution < 1.29 is 28.6 Å². The molecule has 0 saturated carbocycles. The highest BCUT2D eigenvalue weighted by molar-refractivity contribution is 5.92. The third kappa shape index (κ3) is 4.03. The minimum Gasteiger partial charge on any atom is -0.539 e. The maximum absolute atomic E-state index is 11.7. The van der Waals surface area contributed by atoms with Gasteiger partial charge >= 0.3 is 5.97 Å². The summed E-state index contributed by atoms with van der Waals surface area (Å²) in [6.45, 7) is 1.88. The molecule has 0 bridgehead atoms. The lowest BCUT2D eigenvalue weighted by Gasteiger charge is -2.04. The second kappa shape index (κ2) is 6.51. The highest BCUT2D eigenvalue weighted by Gasteiger charge is 2.12. The molecule has 0 unspecified atom stereocenters. The summed E-state index contributed by atoms with van der Waals surface area (Å²) in [5, 5.41) is 16.7. The number of esters is 1.